The number of aliphatic hydroxyl groups excluding tert-OH is 1. The Morgan fingerprint density at radius 2 is 1.59 bits per heavy atom. The number of carbonyl (C=O) groups excluding carboxylic acids is 3. The molecular weight excluding hydrogens is 582 g/mol. The molecule has 0 saturated carbocycles. The second-order valence-electron chi connectivity index (χ2n) is 15.5. The first kappa shape index (κ1) is 34.2. The summed E-state index contributed by atoms with van der Waals surface area (Å²) in [6.45, 7) is 19.3. The lowest BCUT2D eigenvalue weighted by Gasteiger charge is -2.46. The fraction of sp³-hybridized carbons (Fsp3) is 0.649. The number of anilines is 1. The van der Waals surface area contributed by atoms with Crippen LogP contribution >= 0.6 is 0 Å². The van der Waals surface area contributed by atoms with Crippen LogP contribution in [0.2, 0.25) is 0 Å². The van der Waals surface area contributed by atoms with Crippen LogP contribution in [0.5, 0.6) is 5.75 Å². The molecule has 4 aliphatic heterocycles. The Bertz CT molecular complexity index is 1390. The summed E-state index contributed by atoms with van der Waals surface area (Å²) < 4.78 is 12.8. The van der Waals surface area contributed by atoms with Gasteiger partial charge in [0.25, 0.3) is 0 Å². The molecule has 9 nitrogen and oxygen atoms in total. The van der Waals surface area contributed by atoms with E-state index in [9.17, 15) is 14.7 Å². The molecule has 1 aromatic rings. The van der Waals surface area contributed by atoms with Gasteiger partial charge in [0.2, 0.25) is 17.7 Å². The normalized spacial score (nSPS) is 30.4. The summed E-state index contributed by atoms with van der Waals surface area (Å²) in [7, 11) is 0. The maximum atomic E-state index is 15.0. The zero-order chi connectivity index (χ0) is 33.8. The van der Waals surface area contributed by atoms with E-state index in [-0.39, 0.29) is 35.7 Å². The molecule has 9 heteroatoms. The van der Waals surface area contributed by atoms with Crippen LogP contribution in [0.3, 0.4) is 0 Å². The summed E-state index contributed by atoms with van der Waals surface area (Å²) in [5.74, 6) is -1.99. The Morgan fingerprint density at radius 1 is 0.935 bits per heavy atom. The highest BCUT2D eigenvalue weighted by atomic mass is 16.5. The Kier molecular flexibility index (Phi) is 9.01. The zero-order valence-electron chi connectivity index (χ0n) is 29.1. The summed E-state index contributed by atoms with van der Waals surface area (Å²) in [6, 6.07) is 5.75. The van der Waals surface area contributed by atoms with Crippen molar-refractivity contribution < 1.29 is 29.0 Å². The quantitative estimate of drug-likeness (QED) is 0.385. The average molecular weight is 636 g/mol. The van der Waals surface area contributed by atoms with Crippen LogP contribution in [0.4, 0.5) is 5.69 Å². The first-order valence-corrected chi connectivity index (χ1v) is 16.9. The van der Waals surface area contributed by atoms with Crippen molar-refractivity contribution in [2.75, 3.05) is 31.2 Å². The van der Waals surface area contributed by atoms with Gasteiger partial charge in [-0.2, -0.15) is 0 Å². The van der Waals surface area contributed by atoms with Crippen LogP contribution < -0.4 is 9.64 Å². The molecule has 2 fully saturated rings. The highest BCUT2D eigenvalue weighted by Crippen LogP contribution is 2.59. The lowest BCUT2D eigenvalue weighted by Crippen LogP contribution is -2.62. The largest absolute Gasteiger partial charge is 0.494 e. The summed E-state index contributed by atoms with van der Waals surface area (Å²) >= 11 is 0. The lowest BCUT2D eigenvalue weighted by molar-refractivity contribution is -0.160. The van der Waals surface area contributed by atoms with Crippen LogP contribution in [0.15, 0.2) is 48.6 Å². The predicted molar refractivity (Wildman–Crippen MR) is 178 cm³/mol. The van der Waals surface area contributed by atoms with Gasteiger partial charge in [-0.25, -0.2) is 0 Å². The van der Waals surface area contributed by atoms with Gasteiger partial charge in [-0.3, -0.25) is 14.4 Å². The van der Waals surface area contributed by atoms with E-state index in [1.165, 1.54) is 0 Å². The third-order valence-electron chi connectivity index (χ3n) is 10.3. The van der Waals surface area contributed by atoms with Gasteiger partial charge in [-0.1, -0.05) is 65.8 Å². The molecule has 3 amide bonds. The van der Waals surface area contributed by atoms with Crippen molar-refractivity contribution >= 4 is 23.4 Å². The van der Waals surface area contributed by atoms with E-state index in [2.05, 4.69) is 34.6 Å². The molecule has 1 aromatic carbocycles. The first-order chi connectivity index (χ1) is 21.6. The number of hydrogen-bond acceptors (Lipinski definition) is 6. The van der Waals surface area contributed by atoms with Gasteiger partial charge in [0, 0.05) is 24.3 Å². The molecule has 0 bridgehead atoms. The van der Waals surface area contributed by atoms with Crippen molar-refractivity contribution in [1.29, 1.82) is 0 Å². The van der Waals surface area contributed by atoms with E-state index >= 15 is 4.79 Å². The minimum atomic E-state index is -1.38. The Labute approximate surface area is 274 Å². The van der Waals surface area contributed by atoms with Crippen LogP contribution in [0, 0.1) is 23.2 Å². The predicted octanol–water partition coefficient (Wildman–Crippen LogP) is 4.98. The number of hydrogen-bond donors (Lipinski definition) is 1. The second-order valence-corrected chi connectivity index (χ2v) is 15.5. The van der Waals surface area contributed by atoms with Gasteiger partial charge < -0.3 is 29.3 Å². The molecule has 0 radical (unpaired) electrons. The summed E-state index contributed by atoms with van der Waals surface area (Å²) in [5.41, 5.74) is -2.36. The molecule has 46 heavy (non-hydrogen) atoms. The van der Waals surface area contributed by atoms with E-state index in [4.69, 9.17) is 9.47 Å². The van der Waals surface area contributed by atoms with Crippen molar-refractivity contribution in [2.24, 2.45) is 23.2 Å². The van der Waals surface area contributed by atoms with E-state index < -0.39 is 40.7 Å². The number of benzene rings is 1. The maximum Gasteiger partial charge on any atom is 0.249 e. The van der Waals surface area contributed by atoms with Crippen molar-refractivity contribution in [3.05, 3.63) is 48.6 Å². The first-order valence-electron chi connectivity index (χ1n) is 16.9. The van der Waals surface area contributed by atoms with E-state index in [1.54, 1.807) is 9.80 Å². The molecule has 5 rings (SSSR count). The van der Waals surface area contributed by atoms with Crippen molar-refractivity contribution in [2.45, 2.75) is 104 Å². The molecule has 0 aliphatic carbocycles. The standard InChI is InChI=1S/C37H53N3O6/c1-10-36-18-12-20-38(25-14-16-26(17-15-25)45-11-2)31(42)28(36)29-32(43)40(27(22-41)24(3)4)30-33(44)39(21-13-19-37(29,30)46-36)35(8,9)23-34(5,6)7/h12-19,24,27-30,41H,10-11,20-23H2,1-9H3/t27-,28+,29-,30?,36-,37-/m0/s1. The monoisotopic (exact) mass is 635 g/mol. The van der Waals surface area contributed by atoms with E-state index in [0.29, 0.717) is 37.6 Å². The third-order valence-corrected chi connectivity index (χ3v) is 10.3. The lowest BCUT2D eigenvalue weighted by atomic mass is 9.72. The molecule has 4 aliphatic rings. The van der Waals surface area contributed by atoms with Gasteiger partial charge in [-0.15, -0.1) is 0 Å². The number of aliphatic hydroxyl groups is 1. The zero-order valence-corrected chi connectivity index (χ0v) is 29.1. The second kappa shape index (κ2) is 12.1. The fourth-order valence-electron chi connectivity index (χ4n) is 8.74. The van der Waals surface area contributed by atoms with Crippen molar-refractivity contribution in [3.8, 4) is 5.75 Å². The van der Waals surface area contributed by atoms with Gasteiger partial charge in [0.15, 0.2) is 0 Å². The van der Waals surface area contributed by atoms with Crippen LogP contribution in [0.25, 0.3) is 0 Å². The number of ether oxygens (including phenoxy) is 2. The van der Waals surface area contributed by atoms with E-state index in [1.807, 2.05) is 81.2 Å². The highest BCUT2D eigenvalue weighted by molar-refractivity contribution is 6.04. The molecule has 252 valence electrons. The maximum absolute atomic E-state index is 15.0. The van der Waals surface area contributed by atoms with Crippen molar-refractivity contribution in [3.63, 3.8) is 0 Å². The summed E-state index contributed by atoms with van der Waals surface area (Å²) in [5, 5.41) is 10.7. The van der Waals surface area contributed by atoms with Crippen LogP contribution in [0.1, 0.15) is 75.2 Å². The fourth-order valence-corrected chi connectivity index (χ4v) is 8.74. The summed E-state index contributed by atoms with van der Waals surface area (Å²) in [4.78, 5) is 49.9. The van der Waals surface area contributed by atoms with Crippen LogP contribution in [-0.2, 0) is 19.1 Å². The minimum absolute atomic E-state index is 0.0539. The number of amides is 3. The number of carbonyl (C=O) groups is 3. The number of fused-ring (bicyclic) bond motifs is 2. The van der Waals surface area contributed by atoms with Gasteiger partial charge in [0.05, 0.1) is 36.7 Å². The van der Waals surface area contributed by atoms with Crippen LogP contribution in [-0.4, -0.2) is 87.8 Å². The Balaban J connectivity index is 1.66. The summed E-state index contributed by atoms with van der Waals surface area (Å²) in [6.07, 6.45) is 8.92. The SMILES string of the molecule is CCOc1ccc(N2CC=C[C@]3(CC)O[C@]45C=CCN(C(C)(C)CC(C)(C)C)C(=O)C4N([C@@H](CO)C(C)C)C(=O)[C@@H]5[C@@H]3C2=O)cc1. The highest BCUT2D eigenvalue weighted by Gasteiger charge is 2.76. The molecule has 4 heterocycles. The molecule has 2 saturated heterocycles. The number of likely N-dealkylation sites (tertiary alicyclic amines) is 1. The molecule has 1 spiro atoms. The molecule has 1 N–H and O–H groups in total. The number of nitrogens with zero attached hydrogens (tertiary/aromatic N) is 3. The Hall–Kier alpha value is -3.17. The average Bonchev–Trinajstić information content (AvgIpc) is 3.25. The van der Waals surface area contributed by atoms with E-state index in [0.717, 1.165) is 6.42 Å². The minimum Gasteiger partial charge on any atom is -0.494 e. The Morgan fingerprint density at radius 3 is 2.15 bits per heavy atom. The smallest absolute Gasteiger partial charge is 0.249 e. The number of rotatable bonds is 9. The molecule has 0 aromatic heterocycles. The van der Waals surface area contributed by atoms with Gasteiger partial charge >= 0.3 is 0 Å². The molecule has 1 unspecified atom stereocenters. The molecule has 6 atom stereocenters. The topological polar surface area (TPSA) is 99.6 Å². The van der Waals surface area contributed by atoms with Crippen molar-refractivity contribution in [1.82, 2.24) is 9.80 Å². The van der Waals surface area contributed by atoms with Gasteiger partial charge in [0.1, 0.15) is 17.4 Å². The third kappa shape index (κ3) is 5.47. The molecular formula is C37H53N3O6. The van der Waals surface area contributed by atoms with Gasteiger partial charge in [-0.05, 0) is 69.2 Å².